The van der Waals surface area contributed by atoms with Gasteiger partial charge in [0.2, 0.25) is 6.30 Å². The Hall–Kier alpha value is -1.98. The van der Waals surface area contributed by atoms with E-state index in [0.717, 1.165) is 32.3 Å². The minimum absolute atomic E-state index is 0.730. The van der Waals surface area contributed by atoms with Gasteiger partial charge in [-0.2, -0.15) is 0 Å². The maximum Gasteiger partial charge on any atom is 0.208 e. The van der Waals surface area contributed by atoms with Crippen molar-refractivity contribution in [3.05, 3.63) is 65.0 Å². The fourth-order valence-electron chi connectivity index (χ4n) is 2.86. The lowest BCUT2D eigenvalue weighted by Gasteiger charge is -2.32. The van der Waals surface area contributed by atoms with E-state index in [1.807, 2.05) is 62.4 Å². The first kappa shape index (κ1) is 18.8. The molecule has 0 saturated heterocycles. The van der Waals surface area contributed by atoms with Gasteiger partial charge < -0.3 is 4.74 Å². The fraction of sp³-hybridized carbons (Fsp3) is 0.238. The molecule has 1 aliphatic rings. The van der Waals surface area contributed by atoms with E-state index in [0.29, 0.717) is 0 Å². The van der Waals surface area contributed by atoms with Crippen molar-refractivity contribution in [3.8, 4) is 16.2 Å². The summed E-state index contributed by atoms with van der Waals surface area (Å²) in [4.78, 5) is 3.30. The van der Waals surface area contributed by atoms with Crippen LogP contribution in [0.4, 0.5) is 10.1 Å². The molecule has 3 aromatic rings. The molecule has 0 bridgehead atoms. The number of benzene rings is 2. The van der Waals surface area contributed by atoms with Crippen molar-refractivity contribution in [2.45, 2.75) is 32.0 Å². The van der Waals surface area contributed by atoms with Crippen molar-refractivity contribution in [2.75, 3.05) is 11.4 Å². The van der Waals surface area contributed by atoms with Gasteiger partial charge in [0.15, 0.2) is 0 Å². The summed E-state index contributed by atoms with van der Waals surface area (Å²) in [6, 6.07) is 17.5. The molecule has 0 fully saturated rings. The number of anilines is 1. The molecule has 5 heteroatoms. The van der Waals surface area contributed by atoms with E-state index in [4.69, 9.17) is 4.74 Å². The smallest absolute Gasteiger partial charge is 0.208 e. The zero-order valence-corrected chi connectivity index (χ0v) is 17.0. The molecule has 26 heavy (non-hydrogen) atoms. The maximum absolute atomic E-state index is 15.2. The molecular formula is C21H22FNOS2. The third-order valence-electron chi connectivity index (χ3n) is 4.00. The van der Waals surface area contributed by atoms with Crippen LogP contribution < -0.4 is 9.04 Å². The predicted octanol–water partition coefficient (Wildman–Crippen LogP) is 7.25. The number of thiophene rings is 1. The molecule has 0 saturated carbocycles. The molecule has 1 aromatic heterocycles. The zero-order valence-electron chi connectivity index (χ0n) is 15.3. The summed E-state index contributed by atoms with van der Waals surface area (Å²) in [7, 11) is 1.64. The highest BCUT2D eigenvalue weighted by atomic mass is 32.2. The molecular weight excluding hydrogens is 365 g/mol. The van der Waals surface area contributed by atoms with Crippen LogP contribution in [0, 0.1) is 6.92 Å². The maximum atomic E-state index is 15.2. The molecule has 0 amide bonds. The van der Waals surface area contributed by atoms with Gasteiger partial charge in [-0.15, -0.1) is 11.3 Å². The van der Waals surface area contributed by atoms with E-state index in [1.54, 1.807) is 22.8 Å². The molecule has 2 aromatic carbocycles. The Bertz CT molecular complexity index is 876. The van der Waals surface area contributed by atoms with Crippen LogP contribution in [0.3, 0.4) is 0 Å². The summed E-state index contributed by atoms with van der Waals surface area (Å²) in [6.45, 7) is 6.06. The lowest BCUT2D eigenvalue weighted by Crippen LogP contribution is -2.22. The highest BCUT2D eigenvalue weighted by Gasteiger charge is 2.33. The zero-order chi connectivity index (χ0) is 18.7. The summed E-state index contributed by atoms with van der Waals surface area (Å²) in [5.41, 5.74) is 2.68. The van der Waals surface area contributed by atoms with Crippen LogP contribution in [-0.2, 0) is 0 Å². The van der Waals surface area contributed by atoms with Crippen molar-refractivity contribution in [2.24, 2.45) is 0 Å². The van der Waals surface area contributed by atoms with Crippen LogP contribution in [0.15, 0.2) is 59.5 Å². The Morgan fingerprint density at radius 1 is 1.08 bits per heavy atom. The molecule has 4 rings (SSSR count). The van der Waals surface area contributed by atoms with E-state index < -0.39 is 6.30 Å². The highest BCUT2D eigenvalue weighted by molar-refractivity contribution is 8.00. The second kappa shape index (κ2) is 8.14. The van der Waals surface area contributed by atoms with E-state index in [2.05, 4.69) is 13.0 Å². The number of ether oxygens (including phenoxy) is 1. The molecule has 2 heterocycles. The number of nitrogens with zero attached hydrogens (tertiary/aromatic N) is 1. The Morgan fingerprint density at radius 2 is 1.77 bits per heavy atom. The molecule has 0 N–H and O–H groups in total. The third-order valence-corrected chi connectivity index (χ3v) is 6.14. The van der Waals surface area contributed by atoms with E-state index in [9.17, 15) is 0 Å². The van der Waals surface area contributed by atoms with Crippen molar-refractivity contribution in [1.29, 1.82) is 0 Å². The van der Waals surface area contributed by atoms with E-state index in [1.165, 1.54) is 16.8 Å². The van der Waals surface area contributed by atoms with Crippen LogP contribution >= 0.6 is 23.3 Å². The molecule has 0 spiro atoms. The number of halogens is 1. The normalized spacial score (nSPS) is 14.8. The number of hydrogen-bond donors (Lipinski definition) is 0. The van der Waals surface area contributed by atoms with Crippen molar-refractivity contribution >= 4 is 29.0 Å². The van der Waals surface area contributed by atoms with Gasteiger partial charge in [0.05, 0.1) is 17.7 Å². The molecule has 1 aliphatic heterocycles. The van der Waals surface area contributed by atoms with Gasteiger partial charge >= 0.3 is 0 Å². The molecule has 136 valence electrons. The van der Waals surface area contributed by atoms with Crippen molar-refractivity contribution in [1.82, 2.24) is 0 Å². The average Bonchev–Trinajstić information content (AvgIpc) is 3.09. The molecule has 2 nitrogen and oxygen atoms in total. The number of methoxy groups -OCH3 is 1. The number of fused-ring (bicyclic) bond motifs is 3. The van der Waals surface area contributed by atoms with Gasteiger partial charge in [0.25, 0.3) is 0 Å². The van der Waals surface area contributed by atoms with Crippen LogP contribution in [0.2, 0.25) is 0 Å². The van der Waals surface area contributed by atoms with Gasteiger partial charge in [-0.05, 0) is 49.2 Å². The van der Waals surface area contributed by atoms with Crippen LogP contribution in [0.5, 0.6) is 5.75 Å². The third kappa shape index (κ3) is 3.46. The summed E-state index contributed by atoms with van der Waals surface area (Å²) in [6.07, 6.45) is -1.17. The summed E-state index contributed by atoms with van der Waals surface area (Å²) in [5.74, 6) is 0.798. The Labute approximate surface area is 162 Å². The largest absolute Gasteiger partial charge is 0.497 e. The van der Waals surface area contributed by atoms with E-state index >= 15 is 4.39 Å². The summed E-state index contributed by atoms with van der Waals surface area (Å²) >= 11 is 3.13. The molecule has 0 aliphatic carbocycles. The first-order chi connectivity index (χ1) is 12.7. The SMILES string of the molecule is CC.COc1ccc(SN2c3cc(C)sc3-c3ccccc3C2F)cc1. The first-order valence-corrected chi connectivity index (χ1v) is 10.2. The minimum Gasteiger partial charge on any atom is -0.497 e. The number of alkyl halides is 1. The summed E-state index contributed by atoms with van der Waals surface area (Å²) < 4.78 is 22.2. The average molecular weight is 388 g/mol. The van der Waals surface area contributed by atoms with Crippen molar-refractivity contribution in [3.63, 3.8) is 0 Å². The van der Waals surface area contributed by atoms with Crippen molar-refractivity contribution < 1.29 is 9.13 Å². The Morgan fingerprint density at radius 3 is 2.46 bits per heavy atom. The van der Waals surface area contributed by atoms with Gasteiger partial charge in [0, 0.05) is 20.9 Å². The fourth-order valence-corrected chi connectivity index (χ4v) is 4.90. The Balaban J connectivity index is 0.000000948. The lowest BCUT2D eigenvalue weighted by molar-refractivity contribution is 0.362. The molecule has 1 atom stereocenters. The monoisotopic (exact) mass is 387 g/mol. The second-order valence-corrected chi connectivity index (χ2v) is 7.89. The first-order valence-electron chi connectivity index (χ1n) is 8.62. The van der Waals surface area contributed by atoms with E-state index in [-0.39, 0.29) is 0 Å². The number of rotatable bonds is 3. The molecule has 0 radical (unpaired) electrons. The Kier molecular flexibility index (Phi) is 5.89. The summed E-state index contributed by atoms with van der Waals surface area (Å²) in [5, 5.41) is 0. The second-order valence-electron chi connectivity index (χ2n) is 5.59. The van der Waals surface area contributed by atoms with Gasteiger partial charge in [-0.3, -0.25) is 4.31 Å². The van der Waals surface area contributed by atoms with Crippen LogP contribution in [0.25, 0.3) is 10.4 Å². The van der Waals surface area contributed by atoms with Crippen LogP contribution in [-0.4, -0.2) is 7.11 Å². The van der Waals surface area contributed by atoms with Gasteiger partial charge in [0.1, 0.15) is 5.75 Å². The highest BCUT2D eigenvalue weighted by Crippen LogP contribution is 2.52. The minimum atomic E-state index is -1.17. The van der Waals surface area contributed by atoms with Gasteiger partial charge in [-0.25, -0.2) is 4.39 Å². The standard InChI is InChI=1S/C19H16FNOS2.C2H6/c1-12-11-17-18(23-12)15-5-3-4-6-16(15)19(20)21(17)24-14-9-7-13(22-2)8-10-14;1-2/h3-11,19H,1-2H3;1-2H3. The van der Waals surface area contributed by atoms with Gasteiger partial charge in [-0.1, -0.05) is 38.1 Å². The number of hydrogen-bond acceptors (Lipinski definition) is 4. The van der Waals surface area contributed by atoms with Crippen LogP contribution in [0.1, 0.15) is 30.6 Å². The predicted molar refractivity (Wildman–Crippen MR) is 111 cm³/mol. The molecule has 1 unspecified atom stereocenters. The topological polar surface area (TPSA) is 12.5 Å². The quantitative estimate of drug-likeness (QED) is 0.347. The number of aryl methyl sites for hydroxylation is 1. The lowest BCUT2D eigenvalue weighted by atomic mass is 10.0.